The summed E-state index contributed by atoms with van der Waals surface area (Å²) >= 11 is 0. The minimum Gasteiger partial charge on any atom is -0.462 e. The molecule has 25 heavy (non-hydrogen) atoms. The summed E-state index contributed by atoms with van der Waals surface area (Å²) in [6, 6.07) is 0. The van der Waals surface area contributed by atoms with Crippen molar-refractivity contribution in [3.05, 3.63) is 0 Å². The lowest BCUT2D eigenvalue weighted by Crippen LogP contribution is -2.25. The van der Waals surface area contributed by atoms with Crippen LogP contribution in [0.3, 0.4) is 0 Å². The lowest BCUT2D eigenvalue weighted by atomic mass is 10.0. The van der Waals surface area contributed by atoms with E-state index in [0.29, 0.717) is 6.42 Å². The summed E-state index contributed by atoms with van der Waals surface area (Å²) in [5.41, 5.74) is 0. The molecule has 0 spiro atoms. The maximum Gasteiger partial charge on any atom is 0.308 e. The van der Waals surface area contributed by atoms with E-state index in [1.165, 1.54) is 32.1 Å². The van der Waals surface area contributed by atoms with Crippen LogP contribution in [0.4, 0.5) is 0 Å². The Morgan fingerprint density at radius 1 is 0.960 bits per heavy atom. The Labute approximate surface area is 154 Å². The topological polar surface area (TPSA) is 55.8 Å². The fraction of sp³-hybridized carbons (Fsp3) is 0.900. The first-order chi connectivity index (χ1) is 11.9. The Hall–Kier alpha value is -1.10. The minimum atomic E-state index is -0.392. The Morgan fingerprint density at radius 3 is 2.24 bits per heavy atom. The van der Waals surface area contributed by atoms with Crippen LogP contribution >= 0.6 is 0 Å². The average molecular weight is 358 g/mol. The second kappa shape index (κ2) is 15.2. The third-order valence-electron chi connectivity index (χ3n) is 4.17. The number of nitrogens with zero attached hydrogens (tertiary/aromatic N) is 1. The average Bonchev–Trinajstić information content (AvgIpc) is 2.55. The van der Waals surface area contributed by atoms with Gasteiger partial charge in [0.25, 0.3) is 0 Å². The number of carbonyl (C=O) groups excluding carboxylic acids is 2. The van der Waals surface area contributed by atoms with Crippen molar-refractivity contribution >= 4 is 11.9 Å². The molecular weight excluding hydrogens is 318 g/mol. The highest BCUT2D eigenvalue weighted by molar-refractivity contribution is 5.72. The first kappa shape index (κ1) is 23.9. The van der Waals surface area contributed by atoms with E-state index in [-0.39, 0.29) is 24.5 Å². The predicted molar refractivity (Wildman–Crippen MR) is 101 cm³/mol. The zero-order valence-corrected chi connectivity index (χ0v) is 17.0. The Morgan fingerprint density at radius 2 is 1.60 bits per heavy atom. The maximum atomic E-state index is 12.0. The number of unbranched alkanes of at least 4 members (excludes halogenated alkanes) is 5. The standard InChI is InChI=1S/C20H39NO4/c1-6-7-8-9-10-11-13-17(2)20(23)24-16-18(3)25-19(22)14-12-15-21(4)5/h17-18H,6-16H2,1-5H3. The normalized spacial score (nSPS) is 13.5. The predicted octanol–water partition coefficient (Wildman–Crippen LogP) is 4.19. The molecule has 0 saturated carbocycles. The van der Waals surface area contributed by atoms with E-state index in [1.54, 1.807) is 6.92 Å². The Bertz CT molecular complexity index is 358. The lowest BCUT2D eigenvalue weighted by molar-refractivity contribution is -0.160. The van der Waals surface area contributed by atoms with Gasteiger partial charge in [-0.1, -0.05) is 52.4 Å². The van der Waals surface area contributed by atoms with Gasteiger partial charge in [0, 0.05) is 6.42 Å². The van der Waals surface area contributed by atoms with E-state index in [2.05, 4.69) is 6.92 Å². The van der Waals surface area contributed by atoms with Crippen LogP contribution < -0.4 is 0 Å². The molecule has 2 atom stereocenters. The molecule has 0 rings (SSSR count). The van der Waals surface area contributed by atoms with Crippen LogP contribution in [0.5, 0.6) is 0 Å². The van der Waals surface area contributed by atoms with Crippen LogP contribution in [-0.4, -0.2) is 50.2 Å². The Kier molecular flexibility index (Phi) is 14.5. The fourth-order valence-corrected chi connectivity index (χ4v) is 2.55. The zero-order valence-electron chi connectivity index (χ0n) is 17.0. The molecular formula is C20H39NO4. The van der Waals surface area contributed by atoms with Crippen LogP contribution in [-0.2, 0) is 19.1 Å². The number of esters is 2. The van der Waals surface area contributed by atoms with E-state index in [9.17, 15) is 9.59 Å². The molecule has 0 aromatic rings. The number of ether oxygens (including phenoxy) is 2. The number of carbonyl (C=O) groups is 2. The molecule has 0 bridgehead atoms. The molecule has 0 N–H and O–H groups in total. The summed E-state index contributed by atoms with van der Waals surface area (Å²) in [6.45, 7) is 6.87. The monoisotopic (exact) mass is 357 g/mol. The molecule has 0 fully saturated rings. The van der Waals surface area contributed by atoms with E-state index in [4.69, 9.17) is 9.47 Å². The molecule has 0 saturated heterocycles. The number of hydrogen-bond acceptors (Lipinski definition) is 5. The molecule has 2 unspecified atom stereocenters. The second-order valence-corrected chi connectivity index (χ2v) is 7.29. The van der Waals surface area contributed by atoms with Gasteiger partial charge in [-0.3, -0.25) is 9.59 Å². The highest BCUT2D eigenvalue weighted by Crippen LogP contribution is 2.13. The number of rotatable bonds is 15. The van der Waals surface area contributed by atoms with Gasteiger partial charge in [-0.25, -0.2) is 0 Å². The van der Waals surface area contributed by atoms with Crippen LogP contribution in [0.15, 0.2) is 0 Å². The van der Waals surface area contributed by atoms with Crippen molar-refractivity contribution in [3.63, 3.8) is 0 Å². The van der Waals surface area contributed by atoms with E-state index in [0.717, 1.165) is 25.8 Å². The lowest BCUT2D eigenvalue weighted by Gasteiger charge is -2.16. The molecule has 0 aromatic heterocycles. The fourth-order valence-electron chi connectivity index (χ4n) is 2.55. The SMILES string of the molecule is CCCCCCCCC(C)C(=O)OCC(C)OC(=O)CCCN(C)C. The second-order valence-electron chi connectivity index (χ2n) is 7.29. The molecule has 148 valence electrons. The molecule has 0 aliphatic heterocycles. The van der Waals surface area contributed by atoms with Gasteiger partial charge in [-0.05, 0) is 40.4 Å². The molecule has 5 heteroatoms. The van der Waals surface area contributed by atoms with Crippen LogP contribution in [0.25, 0.3) is 0 Å². The first-order valence-corrected chi connectivity index (χ1v) is 9.87. The van der Waals surface area contributed by atoms with Crippen molar-refractivity contribution in [2.45, 2.75) is 84.7 Å². The molecule has 0 aliphatic rings. The smallest absolute Gasteiger partial charge is 0.308 e. The van der Waals surface area contributed by atoms with Crippen LogP contribution in [0.1, 0.15) is 78.6 Å². The molecule has 0 amide bonds. The van der Waals surface area contributed by atoms with Crippen molar-refractivity contribution < 1.29 is 19.1 Å². The van der Waals surface area contributed by atoms with Gasteiger partial charge in [-0.15, -0.1) is 0 Å². The molecule has 5 nitrogen and oxygen atoms in total. The van der Waals surface area contributed by atoms with Crippen molar-refractivity contribution in [2.75, 3.05) is 27.2 Å². The van der Waals surface area contributed by atoms with Gasteiger partial charge in [0.05, 0.1) is 5.92 Å². The van der Waals surface area contributed by atoms with E-state index >= 15 is 0 Å². The van der Waals surface area contributed by atoms with E-state index in [1.807, 2.05) is 25.9 Å². The summed E-state index contributed by atoms with van der Waals surface area (Å²) < 4.78 is 10.5. The molecule has 0 radical (unpaired) electrons. The quantitative estimate of drug-likeness (QED) is 0.325. The molecule has 0 heterocycles. The van der Waals surface area contributed by atoms with Gasteiger partial charge in [-0.2, -0.15) is 0 Å². The summed E-state index contributed by atoms with van der Waals surface area (Å²) in [5, 5.41) is 0. The van der Waals surface area contributed by atoms with Gasteiger partial charge in [0.2, 0.25) is 0 Å². The largest absolute Gasteiger partial charge is 0.462 e. The van der Waals surface area contributed by atoms with Crippen molar-refractivity contribution in [1.29, 1.82) is 0 Å². The minimum absolute atomic E-state index is 0.0887. The Balaban J connectivity index is 3.75. The van der Waals surface area contributed by atoms with Gasteiger partial charge in [0.15, 0.2) is 0 Å². The van der Waals surface area contributed by atoms with E-state index < -0.39 is 6.10 Å². The first-order valence-electron chi connectivity index (χ1n) is 9.87. The summed E-state index contributed by atoms with van der Waals surface area (Å²) in [5.74, 6) is -0.510. The third kappa shape index (κ3) is 14.9. The zero-order chi connectivity index (χ0) is 19.1. The van der Waals surface area contributed by atoms with Crippen molar-refractivity contribution in [3.8, 4) is 0 Å². The summed E-state index contributed by atoms with van der Waals surface area (Å²) in [4.78, 5) is 25.7. The third-order valence-corrected chi connectivity index (χ3v) is 4.17. The summed E-state index contributed by atoms with van der Waals surface area (Å²) in [7, 11) is 3.94. The molecule has 0 aliphatic carbocycles. The van der Waals surface area contributed by atoms with Crippen molar-refractivity contribution in [1.82, 2.24) is 4.90 Å². The van der Waals surface area contributed by atoms with Crippen LogP contribution in [0, 0.1) is 5.92 Å². The summed E-state index contributed by atoms with van der Waals surface area (Å²) in [6.07, 6.45) is 8.96. The molecule has 0 aromatic carbocycles. The van der Waals surface area contributed by atoms with Gasteiger partial charge in [0.1, 0.15) is 12.7 Å². The number of hydrogen-bond donors (Lipinski definition) is 0. The highest BCUT2D eigenvalue weighted by atomic mass is 16.6. The maximum absolute atomic E-state index is 12.0. The van der Waals surface area contributed by atoms with Crippen LogP contribution in [0.2, 0.25) is 0 Å². The van der Waals surface area contributed by atoms with Gasteiger partial charge >= 0.3 is 11.9 Å². The van der Waals surface area contributed by atoms with Crippen molar-refractivity contribution in [2.24, 2.45) is 5.92 Å². The highest BCUT2D eigenvalue weighted by Gasteiger charge is 2.17. The van der Waals surface area contributed by atoms with Gasteiger partial charge < -0.3 is 14.4 Å².